The number of benzene rings is 2. The minimum Gasteiger partial charge on any atom is -0.493 e. The molecule has 1 saturated heterocycles. The van der Waals surface area contributed by atoms with E-state index in [0.29, 0.717) is 52.4 Å². The predicted molar refractivity (Wildman–Crippen MR) is 149 cm³/mol. The fourth-order valence-corrected chi connectivity index (χ4v) is 5.13. The summed E-state index contributed by atoms with van der Waals surface area (Å²) in [5, 5.41) is 5.62. The van der Waals surface area contributed by atoms with Crippen molar-refractivity contribution in [2.24, 2.45) is 5.73 Å². The Balaban J connectivity index is 1.24. The Hall–Kier alpha value is -4.22. The monoisotopic (exact) mass is 547 g/mol. The van der Waals surface area contributed by atoms with Gasteiger partial charge in [0.25, 0.3) is 5.91 Å². The molecule has 39 heavy (non-hydrogen) atoms. The first-order valence-corrected chi connectivity index (χ1v) is 13.4. The van der Waals surface area contributed by atoms with Crippen LogP contribution in [0.4, 0.5) is 5.13 Å². The Morgan fingerprint density at radius 2 is 1.85 bits per heavy atom. The molecule has 4 aromatic rings. The van der Waals surface area contributed by atoms with Crippen LogP contribution in [0.2, 0.25) is 0 Å². The van der Waals surface area contributed by atoms with Crippen LogP contribution < -0.4 is 25.3 Å². The van der Waals surface area contributed by atoms with Gasteiger partial charge in [0.05, 0.1) is 26.2 Å². The summed E-state index contributed by atoms with van der Waals surface area (Å²) in [6.45, 7) is 1.24. The summed E-state index contributed by atoms with van der Waals surface area (Å²) >= 11 is 1.23. The molecule has 2 amide bonds. The lowest BCUT2D eigenvalue weighted by atomic mass is 10.1. The number of ether oxygens (including phenoxy) is 3. The lowest BCUT2D eigenvalue weighted by Gasteiger charge is -2.29. The highest BCUT2D eigenvalue weighted by Gasteiger charge is 2.23. The van der Waals surface area contributed by atoms with Crippen molar-refractivity contribution in [3.63, 3.8) is 0 Å². The number of nitrogens with zero attached hydrogens (tertiary/aromatic N) is 3. The van der Waals surface area contributed by atoms with E-state index in [1.165, 1.54) is 11.3 Å². The number of rotatable bonds is 8. The minimum absolute atomic E-state index is 0.117. The van der Waals surface area contributed by atoms with Gasteiger partial charge in [-0.3, -0.25) is 14.6 Å². The number of thiazole rings is 1. The number of likely N-dealkylation sites (tertiary alicyclic amines) is 1. The second kappa shape index (κ2) is 11.7. The van der Waals surface area contributed by atoms with Crippen molar-refractivity contribution in [1.82, 2.24) is 14.9 Å². The standard InChI is InChI=1S/C28H29N5O5S/c1-36-24-14-20-21(15-25(24)37-2)30-9-6-23(20)38-19-5-3-4-17(12-19)13-26(34)32-28-31-22(16-39-28)27(35)33-10-7-18(29)8-11-33/h3-6,9,12,14-16,18H,7-8,10-11,13,29H2,1-2H3,(H,31,32,34). The molecule has 0 bridgehead atoms. The molecule has 0 radical (unpaired) electrons. The van der Waals surface area contributed by atoms with Crippen molar-refractivity contribution >= 4 is 39.2 Å². The third kappa shape index (κ3) is 6.10. The number of hydrogen-bond donors (Lipinski definition) is 2. The normalized spacial score (nSPS) is 13.8. The van der Waals surface area contributed by atoms with Gasteiger partial charge in [0.2, 0.25) is 5.91 Å². The first-order valence-electron chi connectivity index (χ1n) is 12.5. The van der Waals surface area contributed by atoms with Crippen LogP contribution in [0.1, 0.15) is 28.9 Å². The predicted octanol–water partition coefficient (Wildman–Crippen LogP) is 4.25. The van der Waals surface area contributed by atoms with Crippen molar-refractivity contribution < 1.29 is 23.8 Å². The van der Waals surface area contributed by atoms with Gasteiger partial charge >= 0.3 is 0 Å². The van der Waals surface area contributed by atoms with Crippen molar-refractivity contribution in [3.05, 3.63) is 65.3 Å². The van der Waals surface area contributed by atoms with E-state index < -0.39 is 0 Å². The number of fused-ring (bicyclic) bond motifs is 1. The summed E-state index contributed by atoms with van der Waals surface area (Å²) in [6, 6.07) is 12.8. The Morgan fingerprint density at radius 3 is 2.62 bits per heavy atom. The van der Waals surface area contributed by atoms with Crippen molar-refractivity contribution in [3.8, 4) is 23.0 Å². The van der Waals surface area contributed by atoms with Crippen LogP contribution in [0.5, 0.6) is 23.0 Å². The van der Waals surface area contributed by atoms with Gasteiger partial charge in [-0.15, -0.1) is 11.3 Å². The molecule has 2 aromatic carbocycles. The smallest absolute Gasteiger partial charge is 0.273 e. The van der Waals surface area contributed by atoms with Crippen LogP contribution in [0.25, 0.3) is 10.9 Å². The topological polar surface area (TPSA) is 129 Å². The zero-order chi connectivity index (χ0) is 27.4. The molecule has 0 aliphatic carbocycles. The molecule has 0 unspecified atom stereocenters. The number of aromatic nitrogens is 2. The molecular formula is C28H29N5O5S. The summed E-state index contributed by atoms with van der Waals surface area (Å²) in [6.07, 6.45) is 3.34. The van der Waals surface area contributed by atoms with Crippen LogP contribution in [0.15, 0.2) is 54.0 Å². The molecule has 0 spiro atoms. The molecule has 1 aliphatic heterocycles. The number of anilines is 1. The third-order valence-electron chi connectivity index (χ3n) is 6.49. The van der Waals surface area contributed by atoms with Crippen molar-refractivity contribution in [2.45, 2.75) is 25.3 Å². The molecule has 2 aromatic heterocycles. The zero-order valence-electron chi connectivity index (χ0n) is 21.7. The van der Waals surface area contributed by atoms with Gasteiger partial charge in [-0.1, -0.05) is 12.1 Å². The molecule has 3 N–H and O–H groups in total. The number of carbonyl (C=O) groups is 2. The highest BCUT2D eigenvalue weighted by Crippen LogP contribution is 2.37. The number of nitrogens with two attached hydrogens (primary N) is 1. The quantitative estimate of drug-likeness (QED) is 0.335. The molecule has 11 heteroatoms. The van der Waals surface area contributed by atoms with E-state index in [1.807, 2.05) is 30.3 Å². The fraction of sp³-hybridized carbons (Fsp3) is 0.286. The molecule has 0 atom stereocenters. The van der Waals surface area contributed by atoms with Crippen LogP contribution in [0, 0.1) is 0 Å². The number of carbonyl (C=O) groups excluding carboxylic acids is 2. The van der Waals surface area contributed by atoms with E-state index in [2.05, 4.69) is 15.3 Å². The van der Waals surface area contributed by atoms with E-state index in [0.717, 1.165) is 23.8 Å². The number of piperidine rings is 1. The van der Waals surface area contributed by atoms with Crippen LogP contribution in [-0.2, 0) is 11.2 Å². The van der Waals surface area contributed by atoms with E-state index in [4.69, 9.17) is 19.9 Å². The highest BCUT2D eigenvalue weighted by molar-refractivity contribution is 7.14. The number of nitrogens with one attached hydrogen (secondary N) is 1. The average Bonchev–Trinajstić information content (AvgIpc) is 3.41. The maximum absolute atomic E-state index is 12.7. The summed E-state index contributed by atoms with van der Waals surface area (Å²) in [4.78, 5) is 36.0. The van der Waals surface area contributed by atoms with Crippen molar-refractivity contribution in [2.75, 3.05) is 32.6 Å². The Morgan fingerprint density at radius 1 is 1.08 bits per heavy atom. The number of methoxy groups -OCH3 is 2. The second-order valence-corrected chi connectivity index (χ2v) is 10.0. The maximum Gasteiger partial charge on any atom is 0.273 e. The third-order valence-corrected chi connectivity index (χ3v) is 7.25. The van der Waals surface area contributed by atoms with Crippen LogP contribution in [-0.4, -0.2) is 60.0 Å². The zero-order valence-corrected chi connectivity index (χ0v) is 22.5. The summed E-state index contributed by atoms with van der Waals surface area (Å²) in [7, 11) is 3.15. The van der Waals surface area contributed by atoms with Gasteiger partial charge in [0.1, 0.15) is 17.2 Å². The van der Waals surface area contributed by atoms with Gasteiger partial charge in [-0.25, -0.2) is 4.98 Å². The molecular weight excluding hydrogens is 518 g/mol. The van der Waals surface area contributed by atoms with Crippen molar-refractivity contribution in [1.29, 1.82) is 0 Å². The summed E-state index contributed by atoms with van der Waals surface area (Å²) in [5.74, 6) is 1.94. The van der Waals surface area contributed by atoms with Gasteiger partial charge in [0, 0.05) is 42.2 Å². The minimum atomic E-state index is -0.240. The SMILES string of the molecule is COc1cc2nccc(Oc3cccc(CC(=O)Nc4nc(C(=O)N5CCC(N)CC5)cs4)c3)c2cc1OC. The molecule has 1 aliphatic rings. The van der Waals surface area contributed by atoms with E-state index in [9.17, 15) is 9.59 Å². The van der Waals surface area contributed by atoms with E-state index >= 15 is 0 Å². The fourth-order valence-electron chi connectivity index (χ4n) is 4.43. The second-order valence-electron chi connectivity index (χ2n) is 9.18. The Labute approximate surface area is 229 Å². The first-order chi connectivity index (χ1) is 18.9. The van der Waals surface area contributed by atoms with Crippen LogP contribution in [0.3, 0.4) is 0 Å². The Kier molecular flexibility index (Phi) is 7.89. The van der Waals surface area contributed by atoms with Gasteiger partial charge in [0.15, 0.2) is 16.6 Å². The van der Waals surface area contributed by atoms with Gasteiger partial charge in [-0.2, -0.15) is 0 Å². The van der Waals surface area contributed by atoms with Gasteiger partial charge < -0.3 is 30.2 Å². The summed E-state index contributed by atoms with van der Waals surface area (Å²) in [5.41, 5.74) is 7.73. The molecule has 10 nitrogen and oxygen atoms in total. The Bertz CT molecular complexity index is 1500. The maximum atomic E-state index is 12.7. The lowest BCUT2D eigenvalue weighted by Crippen LogP contribution is -2.42. The number of pyridine rings is 1. The average molecular weight is 548 g/mol. The molecule has 0 saturated carbocycles. The first kappa shape index (κ1) is 26.4. The molecule has 3 heterocycles. The summed E-state index contributed by atoms with van der Waals surface area (Å²) < 4.78 is 17.0. The molecule has 5 rings (SSSR count). The van der Waals surface area contributed by atoms with E-state index in [1.54, 1.807) is 42.8 Å². The number of amides is 2. The van der Waals surface area contributed by atoms with Gasteiger partial charge in [-0.05, 0) is 42.7 Å². The van der Waals surface area contributed by atoms with Crippen LogP contribution >= 0.6 is 11.3 Å². The van der Waals surface area contributed by atoms with E-state index in [-0.39, 0.29) is 24.3 Å². The highest BCUT2D eigenvalue weighted by atomic mass is 32.1. The largest absolute Gasteiger partial charge is 0.493 e. The number of hydrogen-bond acceptors (Lipinski definition) is 9. The lowest BCUT2D eigenvalue weighted by molar-refractivity contribution is -0.115. The molecule has 202 valence electrons. The molecule has 1 fully saturated rings.